The van der Waals surface area contributed by atoms with Crippen molar-refractivity contribution in [2.45, 2.75) is 50.9 Å². The van der Waals surface area contributed by atoms with Gasteiger partial charge in [0.1, 0.15) is 12.4 Å². The van der Waals surface area contributed by atoms with Crippen LogP contribution in [0.2, 0.25) is 0 Å². The highest BCUT2D eigenvalue weighted by atomic mass is 16.5. The Labute approximate surface area is 213 Å². The summed E-state index contributed by atoms with van der Waals surface area (Å²) in [6.07, 6.45) is 9.52. The molecule has 6 nitrogen and oxygen atoms in total. The summed E-state index contributed by atoms with van der Waals surface area (Å²) in [6.45, 7) is 7.17. The van der Waals surface area contributed by atoms with Crippen LogP contribution in [0.1, 0.15) is 54.7 Å². The summed E-state index contributed by atoms with van der Waals surface area (Å²) >= 11 is 0. The molecular formula is C30H36O6. The van der Waals surface area contributed by atoms with E-state index in [4.69, 9.17) is 14.2 Å². The predicted molar refractivity (Wildman–Crippen MR) is 140 cm³/mol. The van der Waals surface area contributed by atoms with Gasteiger partial charge in [-0.2, -0.15) is 0 Å². The fourth-order valence-electron chi connectivity index (χ4n) is 4.65. The summed E-state index contributed by atoms with van der Waals surface area (Å²) in [5.41, 5.74) is 5.14. The summed E-state index contributed by atoms with van der Waals surface area (Å²) in [7, 11) is 0. The number of esters is 2. The van der Waals surface area contributed by atoms with Crippen molar-refractivity contribution in [1.82, 2.24) is 0 Å². The molecule has 1 N–H and O–H groups in total. The van der Waals surface area contributed by atoms with E-state index in [1.807, 2.05) is 12.1 Å². The molecule has 1 fully saturated rings. The predicted octanol–water partition coefficient (Wildman–Crippen LogP) is 5.32. The Morgan fingerprint density at radius 3 is 1.89 bits per heavy atom. The quantitative estimate of drug-likeness (QED) is 0.301. The van der Waals surface area contributed by atoms with Gasteiger partial charge in [-0.25, -0.2) is 9.59 Å². The maximum absolute atomic E-state index is 11.5. The molecule has 0 amide bonds. The van der Waals surface area contributed by atoms with Gasteiger partial charge in [-0.05, 0) is 58.7 Å². The number of hydrogen-bond donors (Lipinski definition) is 1. The molecule has 0 heterocycles. The molecule has 0 spiro atoms. The second kappa shape index (κ2) is 14.2. The normalized spacial score (nSPS) is 13.6. The molecule has 1 aliphatic carbocycles. The van der Waals surface area contributed by atoms with Crippen LogP contribution in [0, 0.1) is 0 Å². The fourth-order valence-corrected chi connectivity index (χ4v) is 4.65. The highest BCUT2D eigenvalue weighted by Gasteiger charge is 2.17. The lowest BCUT2D eigenvalue weighted by atomic mass is 9.83. The minimum atomic E-state index is -0.487. The molecule has 2 aromatic rings. The van der Waals surface area contributed by atoms with Crippen molar-refractivity contribution in [3.05, 3.63) is 78.4 Å². The lowest BCUT2D eigenvalue weighted by molar-refractivity contribution is -0.138. The SMILES string of the molecule is C=CC(=O)OCCc1cc(-c2ccc(C3CCCCC3)cc2)cc(CCOC(=O)C=C)c1OCCO. The van der Waals surface area contributed by atoms with Crippen LogP contribution < -0.4 is 4.74 Å². The molecular weight excluding hydrogens is 456 g/mol. The molecule has 1 aliphatic rings. The van der Waals surface area contributed by atoms with Crippen LogP contribution in [0.5, 0.6) is 5.75 Å². The zero-order chi connectivity index (χ0) is 25.8. The maximum Gasteiger partial charge on any atom is 0.330 e. The van der Waals surface area contributed by atoms with E-state index in [1.165, 1.54) is 37.7 Å². The van der Waals surface area contributed by atoms with E-state index in [9.17, 15) is 14.7 Å². The Kier molecular flexibility index (Phi) is 10.8. The highest BCUT2D eigenvalue weighted by Crippen LogP contribution is 2.35. The monoisotopic (exact) mass is 492 g/mol. The number of carbonyl (C=O) groups excluding carboxylic acids is 2. The van der Waals surface area contributed by atoms with Crippen molar-refractivity contribution in [3.63, 3.8) is 0 Å². The minimum absolute atomic E-state index is 0.119. The topological polar surface area (TPSA) is 82.1 Å². The van der Waals surface area contributed by atoms with Crippen LogP contribution in [0.25, 0.3) is 11.1 Å². The summed E-state index contributed by atoms with van der Waals surface area (Å²) in [4.78, 5) is 23.1. The van der Waals surface area contributed by atoms with Gasteiger partial charge in [0, 0.05) is 25.0 Å². The van der Waals surface area contributed by atoms with Crippen LogP contribution in [-0.4, -0.2) is 43.5 Å². The van der Waals surface area contributed by atoms with Gasteiger partial charge >= 0.3 is 11.9 Å². The Morgan fingerprint density at radius 1 is 0.833 bits per heavy atom. The lowest BCUT2D eigenvalue weighted by Crippen LogP contribution is -2.11. The van der Waals surface area contributed by atoms with Gasteiger partial charge in [-0.1, -0.05) is 56.7 Å². The number of ether oxygens (including phenoxy) is 3. The molecule has 0 radical (unpaired) electrons. The average molecular weight is 493 g/mol. The maximum atomic E-state index is 11.5. The molecule has 0 bridgehead atoms. The third-order valence-corrected chi connectivity index (χ3v) is 6.47. The summed E-state index contributed by atoms with van der Waals surface area (Å²) < 4.78 is 16.3. The van der Waals surface area contributed by atoms with Gasteiger partial charge in [0.25, 0.3) is 0 Å². The smallest absolute Gasteiger partial charge is 0.330 e. The van der Waals surface area contributed by atoms with Crippen molar-refractivity contribution in [2.75, 3.05) is 26.4 Å². The van der Waals surface area contributed by atoms with Gasteiger partial charge in [-0.3, -0.25) is 0 Å². The molecule has 2 aromatic carbocycles. The molecule has 0 atom stereocenters. The van der Waals surface area contributed by atoms with Gasteiger partial charge in [0.15, 0.2) is 0 Å². The molecule has 1 saturated carbocycles. The van der Waals surface area contributed by atoms with Crippen molar-refractivity contribution >= 4 is 11.9 Å². The second-order valence-corrected chi connectivity index (χ2v) is 8.90. The second-order valence-electron chi connectivity index (χ2n) is 8.90. The molecule has 0 unspecified atom stereocenters. The number of rotatable bonds is 13. The third-order valence-electron chi connectivity index (χ3n) is 6.47. The van der Waals surface area contributed by atoms with Crippen molar-refractivity contribution in [2.24, 2.45) is 0 Å². The Morgan fingerprint density at radius 2 is 1.39 bits per heavy atom. The first-order chi connectivity index (χ1) is 17.5. The van der Waals surface area contributed by atoms with Crippen molar-refractivity contribution in [3.8, 4) is 16.9 Å². The first kappa shape index (κ1) is 27.2. The molecule has 192 valence electrons. The molecule has 36 heavy (non-hydrogen) atoms. The standard InChI is InChI=1S/C30H36O6/c1-3-28(32)34-17-14-25-20-27(24-12-10-23(11-13-24)22-8-6-5-7-9-22)21-26(30(25)36-19-16-31)15-18-35-29(33)4-2/h3-4,10-13,20-22,31H,1-2,5-9,14-19H2. The third kappa shape index (κ3) is 7.82. The van der Waals surface area contributed by atoms with E-state index in [0.29, 0.717) is 24.5 Å². The Bertz CT molecular complexity index is 987. The molecule has 0 aromatic heterocycles. The zero-order valence-electron chi connectivity index (χ0n) is 20.9. The summed E-state index contributed by atoms with van der Waals surface area (Å²) in [6, 6.07) is 12.8. The molecule has 0 saturated heterocycles. The highest BCUT2D eigenvalue weighted by molar-refractivity contribution is 5.81. The molecule has 6 heteroatoms. The number of benzene rings is 2. The van der Waals surface area contributed by atoms with Crippen molar-refractivity contribution < 1.29 is 28.9 Å². The van der Waals surface area contributed by atoms with E-state index in [0.717, 1.165) is 34.4 Å². The zero-order valence-corrected chi connectivity index (χ0v) is 20.9. The summed E-state index contributed by atoms with van der Waals surface area (Å²) in [5.74, 6) is 0.265. The van der Waals surface area contributed by atoms with Crippen molar-refractivity contribution in [1.29, 1.82) is 0 Å². The molecule has 3 rings (SSSR count). The van der Waals surface area contributed by atoms with Crippen LogP contribution in [0.4, 0.5) is 0 Å². The minimum Gasteiger partial charge on any atom is -0.491 e. The van der Waals surface area contributed by atoms with E-state index in [2.05, 4.69) is 37.4 Å². The fraction of sp³-hybridized carbons (Fsp3) is 0.400. The number of carbonyl (C=O) groups is 2. The lowest BCUT2D eigenvalue weighted by Gasteiger charge is -2.22. The Balaban J connectivity index is 1.92. The average Bonchev–Trinajstić information content (AvgIpc) is 2.92. The summed E-state index contributed by atoms with van der Waals surface area (Å²) in [5, 5.41) is 9.35. The van der Waals surface area contributed by atoms with Gasteiger partial charge < -0.3 is 19.3 Å². The van der Waals surface area contributed by atoms with E-state index in [-0.39, 0.29) is 26.4 Å². The first-order valence-corrected chi connectivity index (χ1v) is 12.6. The van der Waals surface area contributed by atoms with Crippen LogP contribution >= 0.6 is 0 Å². The Hall–Kier alpha value is -3.38. The first-order valence-electron chi connectivity index (χ1n) is 12.6. The van der Waals surface area contributed by atoms with Gasteiger partial charge in [0.2, 0.25) is 0 Å². The largest absolute Gasteiger partial charge is 0.491 e. The van der Waals surface area contributed by atoms with Gasteiger partial charge in [-0.15, -0.1) is 0 Å². The van der Waals surface area contributed by atoms with E-state index < -0.39 is 11.9 Å². The van der Waals surface area contributed by atoms with Crippen LogP contribution in [-0.2, 0) is 31.9 Å². The molecule has 0 aliphatic heterocycles. The van der Waals surface area contributed by atoms with Gasteiger partial charge in [0.05, 0.1) is 19.8 Å². The van der Waals surface area contributed by atoms with E-state index >= 15 is 0 Å². The number of aliphatic hydroxyl groups excluding tert-OH is 1. The number of hydrogen-bond acceptors (Lipinski definition) is 6. The van der Waals surface area contributed by atoms with Crippen LogP contribution in [0.3, 0.4) is 0 Å². The van der Waals surface area contributed by atoms with E-state index in [1.54, 1.807) is 0 Å². The van der Waals surface area contributed by atoms with Crippen LogP contribution in [0.15, 0.2) is 61.7 Å². The number of aliphatic hydroxyl groups is 1.